The molecule has 1 aromatic rings. The molecule has 0 unspecified atom stereocenters. The maximum atomic E-state index is 6.00. The highest BCUT2D eigenvalue weighted by Gasteiger charge is 2.21. The molecule has 1 aromatic carbocycles. The molecule has 3 heteroatoms. The minimum absolute atomic E-state index is 0.355. The Kier molecular flexibility index (Phi) is 4.48. The molecule has 1 saturated heterocycles. The van der Waals surface area contributed by atoms with Crippen LogP contribution < -0.4 is 9.47 Å². The van der Waals surface area contributed by atoms with Crippen LogP contribution in [0.1, 0.15) is 26.7 Å². The van der Waals surface area contributed by atoms with Crippen molar-refractivity contribution in [1.29, 1.82) is 0 Å². The second-order valence-corrected chi connectivity index (χ2v) is 5.12. The van der Waals surface area contributed by atoms with Crippen molar-refractivity contribution in [2.24, 2.45) is 0 Å². The summed E-state index contributed by atoms with van der Waals surface area (Å²) in [5.41, 5.74) is 0. The fourth-order valence-electron chi connectivity index (χ4n) is 2.36. The van der Waals surface area contributed by atoms with Gasteiger partial charge in [-0.05, 0) is 51.0 Å². The number of nitrogens with zero attached hydrogens (tertiary/aromatic N) is 1. The first-order valence-corrected chi connectivity index (χ1v) is 6.74. The summed E-state index contributed by atoms with van der Waals surface area (Å²) >= 11 is 0. The minimum Gasteiger partial charge on any atom is -0.497 e. The van der Waals surface area contributed by atoms with Gasteiger partial charge in [-0.2, -0.15) is 0 Å². The van der Waals surface area contributed by atoms with Crippen molar-refractivity contribution in [2.45, 2.75) is 38.8 Å². The number of methoxy groups -OCH3 is 1. The lowest BCUT2D eigenvalue weighted by molar-refractivity contribution is 0.0843. The predicted octanol–water partition coefficient (Wildman–Crippen LogP) is 2.95. The van der Waals surface area contributed by atoms with Crippen LogP contribution in [0.3, 0.4) is 0 Å². The Morgan fingerprint density at radius 2 is 1.61 bits per heavy atom. The summed E-state index contributed by atoms with van der Waals surface area (Å²) in [5.74, 6) is 1.82. The Morgan fingerprint density at radius 3 is 2.11 bits per heavy atom. The number of hydrogen-bond donors (Lipinski definition) is 0. The third kappa shape index (κ3) is 3.39. The summed E-state index contributed by atoms with van der Waals surface area (Å²) in [5, 5.41) is 0. The molecule has 2 rings (SSSR count). The summed E-state index contributed by atoms with van der Waals surface area (Å²) < 4.78 is 11.1. The Hall–Kier alpha value is -1.22. The van der Waals surface area contributed by atoms with E-state index in [1.54, 1.807) is 7.11 Å². The highest BCUT2D eigenvalue weighted by molar-refractivity contribution is 5.31. The number of rotatable bonds is 4. The van der Waals surface area contributed by atoms with E-state index in [4.69, 9.17) is 9.47 Å². The van der Waals surface area contributed by atoms with Crippen LogP contribution in [-0.4, -0.2) is 37.2 Å². The van der Waals surface area contributed by atoms with E-state index in [2.05, 4.69) is 18.7 Å². The Morgan fingerprint density at radius 1 is 1.06 bits per heavy atom. The molecule has 0 bridgehead atoms. The second-order valence-electron chi connectivity index (χ2n) is 5.12. The Bertz CT molecular complexity index is 353. The van der Waals surface area contributed by atoms with Crippen LogP contribution in [0, 0.1) is 0 Å². The number of benzene rings is 1. The van der Waals surface area contributed by atoms with Gasteiger partial charge < -0.3 is 14.4 Å². The normalized spacial score (nSPS) is 18.0. The molecule has 1 aliphatic rings. The molecule has 3 nitrogen and oxygen atoms in total. The van der Waals surface area contributed by atoms with Crippen LogP contribution in [0.25, 0.3) is 0 Å². The van der Waals surface area contributed by atoms with E-state index < -0.39 is 0 Å². The zero-order valence-corrected chi connectivity index (χ0v) is 11.6. The molecule has 0 atom stereocenters. The number of piperidine rings is 1. The molecule has 100 valence electrons. The van der Waals surface area contributed by atoms with Gasteiger partial charge in [0.15, 0.2) is 0 Å². The van der Waals surface area contributed by atoms with Gasteiger partial charge in [-0.25, -0.2) is 0 Å². The van der Waals surface area contributed by atoms with Crippen molar-refractivity contribution in [3.63, 3.8) is 0 Å². The Balaban J connectivity index is 1.83. The fourth-order valence-corrected chi connectivity index (χ4v) is 2.36. The van der Waals surface area contributed by atoms with Crippen molar-refractivity contribution >= 4 is 0 Å². The molecular weight excluding hydrogens is 226 g/mol. The van der Waals surface area contributed by atoms with Crippen molar-refractivity contribution in [1.82, 2.24) is 4.90 Å². The van der Waals surface area contributed by atoms with E-state index in [1.807, 2.05) is 24.3 Å². The lowest BCUT2D eigenvalue weighted by Gasteiger charge is -2.34. The van der Waals surface area contributed by atoms with Crippen molar-refractivity contribution in [2.75, 3.05) is 20.2 Å². The van der Waals surface area contributed by atoms with Crippen LogP contribution in [0.2, 0.25) is 0 Å². The van der Waals surface area contributed by atoms with Crippen LogP contribution in [-0.2, 0) is 0 Å². The standard InChI is InChI=1S/C15H23NO2/c1-12(2)16-10-8-15(9-11-16)18-14-6-4-13(17-3)5-7-14/h4-7,12,15H,8-11H2,1-3H3. The fraction of sp³-hybridized carbons (Fsp3) is 0.600. The summed E-state index contributed by atoms with van der Waals surface area (Å²) in [7, 11) is 1.68. The number of ether oxygens (including phenoxy) is 2. The Labute approximate surface area is 110 Å². The summed E-state index contributed by atoms with van der Waals surface area (Å²) in [6.07, 6.45) is 2.59. The lowest BCUT2D eigenvalue weighted by atomic mass is 10.1. The van der Waals surface area contributed by atoms with Gasteiger partial charge in [-0.15, -0.1) is 0 Å². The molecule has 0 aromatic heterocycles. The van der Waals surface area contributed by atoms with Gasteiger partial charge in [-0.1, -0.05) is 0 Å². The van der Waals surface area contributed by atoms with E-state index in [9.17, 15) is 0 Å². The number of hydrogen-bond acceptors (Lipinski definition) is 3. The highest BCUT2D eigenvalue weighted by Crippen LogP contribution is 2.22. The van der Waals surface area contributed by atoms with Crippen LogP contribution in [0.5, 0.6) is 11.5 Å². The smallest absolute Gasteiger partial charge is 0.119 e. The molecule has 1 aliphatic heterocycles. The van der Waals surface area contributed by atoms with Crippen LogP contribution in [0.15, 0.2) is 24.3 Å². The van der Waals surface area contributed by atoms with Gasteiger partial charge in [-0.3, -0.25) is 0 Å². The first-order chi connectivity index (χ1) is 8.69. The topological polar surface area (TPSA) is 21.7 Å². The third-order valence-electron chi connectivity index (χ3n) is 3.57. The van der Waals surface area contributed by atoms with Crippen LogP contribution in [0.4, 0.5) is 0 Å². The molecule has 1 fully saturated rings. The average molecular weight is 249 g/mol. The quantitative estimate of drug-likeness (QED) is 0.819. The molecule has 0 N–H and O–H groups in total. The average Bonchev–Trinajstić information content (AvgIpc) is 2.40. The van der Waals surface area contributed by atoms with Gasteiger partial charge in [0, 0.05) is 19.1 Å². The SMILES string of the molecule is COc1ccc(OC2CCN(C(C)C)CC2)cc1. The summed E-state index contributed by atoms with van der Waals surface area (Å²) in [4.78, 5) is 2.51. The summed E-state index contributed by atoms with van der Waals surface area (Å²) in [6, 6.07) is 8.49. The molecular formula is C15H23NO2. The first-order valence-electron chi connectivity index (χ1n) is 6.74. The maximum Gasteiger partial charge on any atom is 0.119 e. The van der Waals surface area contributed by atoms with Crippen molar-refractivity contribution in [3.8, 4) is 11.5 Å². The molecule has 0 aliphatic carbocycles. The van der Waals surface area contributed by atoms with Crippen molar-refractivity contribution < 1.29 is 9.47 Å². The van der Waals surface area contributed by atoms with Crippen LogP contribution >= 0.6 is 0 Å². The monoisotopic (exact) mass is 249 g/mol. The largest absolute Gasteiger partial charge is 0.497 e. The van der Waals surface area contributed by atoms with E-state index in [-0.39, 0.29) is 0 Å². The molecule has 0 amide bonds. The second kappa shape index (κ2) is 6.10. The van der Waals surface area contributed by atoms with E-state index >= 15 is 0 Å². The van der Waals surface area contributed by atoms with Gasteiger partial charge in [0.05, 0.1) is 7.11 Å². The summed E-state index contributed by atoms with van der Waals surface area (Å²) in [6.45, 7) is 6.78. The number of likely N-dealkylation sites (tertiary alicyclic amines) is 1. The highest BCUT2D eigenvalue weighted by atomic mass is 16.5. The zero-order chi connectivity index (χ0) is 13.0. The molecule has 18 heavy (non-hydrogen) atoms. The third-order valence-corrected chi connectivity index (χ3v) is 3.57. The first kappa shape index (κ1) is 13.2. The molecule has 0 radical (unpaired) electrons. The van der Waals surface area contributed by atoms with E-state index in [0.717, 1.165) is 37.4 Å². The van der Waals surface area contributed by atoms with E-state index in [0.29, 0.717) is 12.1 Å². The van der Waals surface area contributed by atoms with Crippen molar-refractivity contribution in [3.05, 3.63) is 24.3 Å². The van der Waals surface area contributed by atoms with Gasteiger partial charge in [0.2, 0.25) is 0 Å². The predicted molar refractivity (Wildman–Crippen MR) is 73.4 cm³/mol. The molecule has 1 heterocycles. The van der Waals surface area contributed by atoms with Gasteiger partial charge in [0.1, 0.15) is 17.6 Å². The zero-order valence-electron chi connectivity index (χ0n) is 11.6. The molecule has 0 spiro atoms. The van der Waals surface area contributed by atoms with E-state index in [1.165, 1.54) is 0 Å². The minimum atomic E-state index is 0.355. The van der Waals surface area contributed by atoms with Gasteiger partial charge >= 0.3 is 0 Å². The lowest BCUT2D eigenvalue weighted by Crippen LogP contribution is -2.41. The van der Waals surface area contributed by atoms with Gasteiger partial charge in [0.25, 0.3) is 0 Å². The molecule has 0 saturated carbocycles. The maximum absolute atomic E-state index is 6.00.